The van der Waals surface area contributed by atoms with Crippen molar-refractivity contribution in [2.24, 2.45) is 5.92 Å². The van der Waals surface area contributed by atoms with Gasteiger partial charge in [0.1, 0.15) is 17.0 Å². The molecule has 1 fully saturated rings. The first-order valence-electron chi connectivity index (χ1n) is 7.28. The predicted molar refractivity (Wildman–Crippen MR) is 83.5 cm³/mol. The van der Waals surface area contributed by atoms with E-state index in [0.29, 0.717) is 0 Å². The maximum atomic E-state index is 5.64. The summed E-state index contributed by atoms with van der Waals surface area (Å²) in [5.41, 5.74) is 1.29. The van der Waals surface area contributed by atoms with Crippen molar-refractivity contribution in [1.29, 1.82) is 0 Å². The number of hydrogen-bond donors (Lipinski definition) is 1. The highest BCUT2D eigenvalue weighted by atomic mass is 32.1. The molecule has 0 aliphatic heterocycles. The summed E-state index contributed by atoms with van der Waals surface area (Å²) in [6.07, 6.45) is 5.37. The van der Waals surface area contributed by atoms with E-state index >= 15 is 0 Å². The average molecular weight is 291 g/mol. The van der Waals surface area contributed by atoms with Crippen LogP contribution in [0.5, 0.6) is 0 Å². The number of aryl methyl sites for hydroxylation is 2. The maximum Gasteiger partial charge on any atom is 0.138 e. The van der Waals surface area contributed by atoms with Gasteiger partial charge in [0, 0.05) is 24.6 Å². The number of fused-ring (bicyclic) bond motifs is 1. The lowest BCUT2D eigenvalue weighted by molar-refractivity contribution is 0.124. The number of nitrogens with zero attached hydrogens (tertiary/aromatic N) is 2. The van der Waals surface area contributed by atoms with E-state index in [1.54, 1.807) is 17.7 Å². The van der Waals surface area contributed by atoms with Gasteiger partial charge in [0.05, 0.1) is 5.39 Å². The number of thiophene rings is 1. The molecule has 0 amide bonds. The third-order valence-corrected chi connectivity index (χ3v) is 4.89. The minimum absolute atomic E-state index is 0.833. The molecule has 0 unspecified atom stereocenters. The molecule has 1 aliphatic rings. The normalized spacial score (nSPS) is 14.9. The second-order valence-electron chi connectivity index (χ2n) is 5.48. The van der Waals surface area contributed by atoms with Gasteiger partial charge in [-0.05, 0) is 44.6 Å². The van der Waals surface area contributed by atoms with Crippen LogP contribution in [0, 0.1) is 19.8 Å². The molecule has 0 atom stereocenters. The lowest BCUT2D eigenvalue weighted by Crippen LogP contribution is -2.08. The van der Waals surface area contributed by atoms with Gasteiger partial charge in [-0.25, -0.2) is 9.97 Å². The van der Waals surface area contributed by atoms with Crippen LogP contribution in [0.3, 0.4) is 0 Å². The van der Waals surface area contributed by atoms with Crippen molar-refractivity contribution >= 4 is 27.4 Å². The topological polar surface area (TPSA) is 47.0 Å². The van der Waals surface area contributed by atoms with Crippen LogP contribution in [0.4, 0.5) is 5.82 Å². The molecule has 0 radical (unpaired) electrons. The smallest absolute Gasteiger partial charge is 0.138 e. The Hall–Kier alpha value is -1.20. The van der Waals surface area contributed by atoms with Gasteiger partial charge < -0.3 is 10.1 Å². The lowest BCUT2D eigenvalue weighted by atomic mass is 10.2. The van der Waals surface area contributed by atoms with Crippen molar-refractivity contribution in [3.8, 4) is 0 Å². The van der Waals surface area contributed by atoms with E-state index in [9.17, 15) is 0 Å². The molecule has 0 aromatic carbocycles. The van der Waals surface area contributed by atoms with Gasteiger partial charge in [-0.1, -0.05) is 0 Å². The van der Waals surface area contributed by atoms with E-state index in [1.165, 1.54) is 28.7 Å². The second-order valence-corrected chi connectivity index (χ2v) is 6.69. The molecule has 2 aromatic heterocycles. The van der Waals surface area contributed by atoms with Crippen LogP contribution in [-0.2, 0) is 4.74 Å². The Morgan fingerprint density at radius 1 is 1.35 bits per heavy atom. The Bertz CT molecular complexity index is 592. The molecular formula is C15H21N3OS. The molecule has 1 N–H and O–H groups in total. The zero-order valence-electron chi connectivity index (χ0n) is 12.1. The number of nitrogens with one attached hydrogen (secondary N) is 1. The first kappa shape index (κ1) is 13.8. The Morgan fingerprint density at radius 3 is 3.00 bits per heavy atom. The summed E-state index contributed by atoms with van der Waals surface area (Å²) in [6.45, 7) is 6.95. The van der Waals surface area contributed by atoms with Crippen molar-refractivity contribution < 1.29 is 4.74 Å². The molecule has 20 heavy (non-hydrogen) atoms. The average Bonchev–Trinajstić information content (AvgIpc) is 3.21. The quantitative estimate of drug-likeness (QED) is 0.793. The molecule has 1 aliphatic carbocycles. The third kappa shape index (κ3) is 3.10. The van der Waals surface area contributed by atoms with Gasteiger partial charge in [0.2, 0.25) is 0 Å². The summed E-state index contributed by atoms with van der Waals surface area (Å²) in [5.74, 6) is 1.81. The molecule has 0 saturated heterocycles. The highest BCUT2D eigenvalue weighted by molar-refractivity contribution is 7.18. The fraction of sp³-hybridized carbons (Fsp3) is 0.600. The predicted octanol–water partition coefficient (Wildman–Crippen LogP) is 3.54. The molecule has 2 heterocycles. The van der Waals surface area contributed by atoms with Gasteiger partial charge in [0.15, 0.2) is 0 Å². The molecule has 3 rings (SSSR count). The van der Waals surface area contributed by atoms with Gasteiger partial charge in [-0.2, -0.15) is 0 Å². The molecule has 5 heteroatoms. The zero-order chi connectivity index (χ0) is 13.9. The Labute approximate surface area is 123 Å². The monoisotopic (exact) mass is 291 g/mol. The summed E-state index contributed by atoms with van der Waals surface area (Å²) in [5, 5.41) is 4.60. The number of anilines is 1. The van der Waals surface area contributed by atoms with E-state index in [4.69, 9.17) is 4.74 Å². The van der Waals surface area contributed by atoms with E-state index in [0.717, 1.165) is 42.7 Å². The number of rotatable bonds is 7. The van der Waals surface area contributed by atoms with Crippen molar-refractivity contribution in [2.75, 3.05) is 25.1 Å². The Kier molecular flexibility index (Phi) is 4.17. The second kappa shape index (κ2) is 6.06. The zero-order valence-corrected chi connectivity index (χ0v) is 12.9. The van der Waals surface area contributed by atoms with Gasteiger partial charge in [-0.15, -0.1) is 11.3 Å². The summed E-state index contributed by atoms with van der Waals surface area (Å²) in [4.78, 5) is 11.1. The molecule has 1 saturated carbocycles. The molecule has 0 spiro atoms. The molecule has 108 valence electrons. The molecule has 2 aromatic rings. The van der Waals surface area contributed by atoms with E-state index in [1.807, 2.05) is 0 Å². The van der Waals surface area contributed by atoms with E-state index < -0.39 is 0 Å². The standard InChI is InChI=1S/C15H21N3OS/c1-10-11(2)20-15-13(10)14(17-9-18-15)16-6-3-7-19-8-12-4-5-12/h9,12H,3-8H2,1-2H3,(H,16,17,18). The molecule has 0 bridgehead atoms. The van der Waals surface area contributed by atoms with Crippen molar-refractivity contribution in [2.45, 2.75) is 33.1 Å². The Morgan fingerprint density at radius 2 is 2.20 bits per heavy atom. The summed E-state index contributed by atoms with van der Waals surface area (Å²) in [6, 6.07) is 0. The minimum atomic E-state index is 0.833. The summed E-state index contributed by atoms with van der Waals surface area (Å²) < 4.78 is 5.64. The van der Waals surface area contributed by atoms with Gasteiger partial charge >= 0.3 is 0 Å². The highest BCUT2D eigenvalue weighted by Gasteiger charge is 2.20. The van der Waals surface area contributed by atoms with Gasteiger partial charge in [0.25, 0.3) is 0 Å². The number of aromatic nitrogens is 2. The minimum Gasteiger partial charge on any atom is -0.381 e. The van der Waals surface area contributed by atoms with Crippen molar-refractivity contribution in [3.63, 3.8) is 0 Å². The number of hydrogen-bond acceptors (Lipinski definition) is 5. The van der Waals surface area contributed by atoms with Crippen LogP contribution in [0.15, 0.2) is 6.33 Å². The van der Waals surface area contributed by atoms with Crippen molar-refractivity contribution in [1.82, 2.24) is 9.97 Å². The number of ether oxygens (including phenoxy) is 1. The van der Waals surface area contributed by atoms with E-state index in [-0.39, 0.29) is 0 Å². The SMILES string of the molecule is Cc1sc2ncnc(NCCCOCC3CC3)c2c1C. The van der Waals surface area contributed by atoms with Crippen LogP contribution in [0.1, 0.15) is 29.7 Å². The lowest BCUT2D eigenvalue weighted by Gasteiger charge is -2.07. The van der Waals surface area contributed by atoms with Crippen LogP contribution < -0.4 is 5.32 Å². The third-order valence-electron chi connectivity index (χ3n) is 3.77. The first-order valence-corrected chi connectivity index (χ1v) is 8.09. The molecule has 4 nitrogen and oxygen atoms in total. The Balaban J connectivity index is 1.54. The maximum absolute atomic E-state index is 5.64. The first-order chi connectivity index (χ1) is 9.75. The van der Waals surface area contributed by atoms with Crippen LogP contribution in [-0.4, -0.2) is 29.7 Å². The van der Waals surface area contributed by atoms with Crippen LogP contribution in [0.2, 0.25) is 0 Å². The summed E-state index contributed by atoms with van der Waals surface area (Å²) in [7, 11) is 0. The largest absolute Gasteiger partial charge is 0.381 e. The molecular weight excluding hydrogens is 270 g/mol. The van der Waals surface area contributed by atoms with E-state index in [2.05, 4.69) is 29.1 Å². The fourth-order valence-electron chi connectivity index (χ4n) is 2.23. The van der Waals surface area contributed by atoms with Crippen LogP contribution >= 0.6 is 11.3 Å². The highest BCUT2D eigenvalue weighted by Crippen LogP contribution is 2.32. The summed E-state index contributed by atoms with van der Waals surface area (Å²) >= 11 is 1.73. The van der Waals surface area contributed by atoms with Crippen LogP contribution in [0.25, 0.3) is 10.2 Å². The van der Waals surface area contributed by atoms with Crippen molar-refractivity contribution in [3.05, 3.63) is 16.8 Å². The van der Waals surface area contributed by atoms with Gasteiger partial charge in [-0.3, -0.25) is 0 Å². The fourth-order valence-corrected chi connectivity index (χ4v) is 3.23.